The molecule has 0 unspecified atom stereocenters. The number of benzene rings is 3. The van der Waals surface area contributed by atoms with Crippen LogP contribution in [0, 0.1) is 0 Å². The minimum Gasteiger partial charge on any atom is -0.492 e. The van der Waals surface area contributed by atoms with Crippen LogP contribution in [0.3, 0.4) is 0 Å². The first-order chi connectivity index (χ1) is 11.8. The third-order valence-electron chi connectivity index (χ3n) is 4.49. The molecule has 24 heavy (non-hydrogen) atoms. The minimum absolute atomic E-state index is 0.637. The van der Waals surface area contributed by atoms with Crippen molar-refractivity contribution in [2.24, 2.45) is 0 Å². The average Bonchev–Trinajstić information content (AvgIpc) is 2.68. The van der Waals surface area contributed by atoms with Crippen LogP contribution < -0.4 is 14.2 Å². The fourth-order valence-corrected chi connectivity index (χ4v) is 3.46. The maximum Gasteiger partial charge on any atom is 0.203 e. The van der Waals surface area contributed by atoms with Gasteiger partial charge in [-0.1, -0.05) is 60.7 Å². The molecule has 2 aliphatic heterocycles. The molecule has 0 saturated carbocycles. The number of hydrogen-bond acceptors (Lipinski definition) is 3. The van der Waals surface area contributed by atoms with Gasteiger partial charge in [0.1, 0.15) is 0 Å². The zero-order valence-corrected chi connectivity index (χ0v) is 13.7. The number of rotatable bonds is 4. The number of ether oxygens (including phenoxy) is 3. The molecule has 0 spiro atoms. The number of methoxy groups -OCH3 is 2. The number of hydrogen-bond donors (Lipinski definition) is 0. The van der Waals surface area contributed by atoms with Gasteiger partial charge in [0.15, 0.2) is 17.1 Å². The second kappa shape index (κ2) is 5.60. The van der Waals surface area contributed by atoms with Gasteiger partial charge in [-0.3, -0.25) is 0 Å². The molecule has 2 aliphatic rings. The first kappa shape index (κ1) is 14.6. The molecular formula is C21H18O3. The molecule has 0 atom stereocenters. The quantitative estimate of drug-likeness (QED) is 0.714. The lowest BCUT2D eigenvalue weighted by atomic mass is 9.77. The molecule has 2 heterocycles. The molecule has 0 N–H and O–H groups in total. The van der Waals surface area contributed by atoms with Crippen molar-refractivity contribution in [3.05, 3.63) is 89.5 Å². The van der Waals surface area contributed by atoms with Crippen LogP contribution in [0.25, 0.3) is 0 Å². The van der Waals surface area contributed by atoms with Crippen LogP contribution in [0.15, 0.2) is 72.8 Å². The first-order valence-corrected chi connectivity index (χ1v) is 7.87. The van der Waals surface area contributed by atoms with E-state index in [1.165, 1.54) is 0 Å². The summed E-state index contributed by atoms with van der Waals surface area (Å²) in [6.07, 6.45) is 0. The van der Waals surface area contributed by atoms with Crippen LogP contribution in [-0.4, -0.2) is 14.2 Å². The van der Waals surface area contributed by atoms with Crippen LogP contribution in [0.4, 0.5) is 0 Å². The SMILES string of the molecule is COc1c2ccc(c1OC)C(c1ccccc1)(c1ccccc1)O2. The van der Waals surface area contributed by atoms with Gasteiger partial charge in [-0.15, -0.1) is 0 Å². The van der Waals surface area contributed by atoms with E-state index in [1.807, 2.05) is 42.5 Å². The normalized spacial score (nSPS) is 14.1. The van der Waals surface area contributed by atoms with E-state index in [1.54, 1.807) is 14.2 Å². The van der Waals surface area contributed by atoms with Gasteiger partial charge in [-0.2, -0.15) is 0 Å². The van der Waals surface area contributed by atoms with Gasteiger partial charge < -0.3 is 14.2 Å². The zero-order chi connectivity index (χ0) is 16.6. The van der Waals surface area contributed by atoms with E-state index >= 15 is 0 Å². The highest BCUT2D eigenvalue weighted by molar-refractivity contribution is 5.66. The summed E-state index contributed by atoms with van der Waals surface area (Å²) in [7, 11) is 3.30. The molecule has 3 aromatic rings. The lowest BCUT2D eigenvalue weighted by Crippen LogP contribution is -2.39. The summed E-state index contributed by atoms with van der Waals surface area (Å²) in [6.45, 7) is 0. The van der Waals surface area contributed by atoms with Gasteiger partial charge in [-0.05, 0) is 12.1 Å². The van der Waals surface area contributed by atoms with Crippen molar-refractivity contribution in [3.63, 3.8) is 0 Å². The van der Waals surface area contributed by atoms with Gasteiger partial charge in [0, 0.05) is 11.1 Å². The standard InChI is InChI=1S/C21H18O3/c1-22-19-17-13-14-18(20(19)23-2)24-21(17,15-9-5-3-6-10-15)16-11-7-4-8-12-16/h3-14H,1-2H3. The molecule has 0 radical (unpaired) electrons. The van der Waals surface area contributed by atoms with E-state index in [0.29, 0.717) is 17.2 Å². The fraction of sp³-hybridized carbons (Fsp3) is 0.143. The van der Waals surface area contributed by atoms with E-state index in [9.17, 15) is 0 Å². The molecule has 0 saturated heterocycles. The monoisotopic (exact) mass is 318 g/mol. The van der Waals surface area contributed by atoms with E-state index < -0.39 is 5.60 Å². The van der Waals surface area contributed by atoms with Crippen molar-refractivity contribution in [2.75, 3.05) is 14.2 Å². The summed E-state index contributed by atoms with van der Waals surface area (Å²) in [5.41, 5.74) is 2.31. The minimum atomic E-state index is -0.736. The van der Waals surface area contributed by atoms with E-state index in [-0.39, 0.29) is 0 Å². The molecule has 2 bridgehead atoms. The molecule has 0 aliphatic carbocycles. The van der Waals surface area contributed by atoms with Crippen molar-refractivity contribution in [2.45, 2.75) is 5.60 Å². The van der Waals surface area contributed by atoms with Crippen molar-refractivity contribution in [1.29, 1.82) is 0 Å². The third kappa shape index (κ3) is 1.91. The first-order valence-electron chi connectivity index (χ1n) is 7.87. The maximum atomic E-state index is 6.51. The summed E-state index contributed by atoms with van der Waals surface area (Å²) in [6, 6.07) is 24.4. The highest BCUT2D eigenvalue weighted by Gasteiger charge is 2.46. The van der Waals surface area contributed by atoms with Crippen LogP contribution >= 0.6 is 0 Å². The molecule has 5 rings (SSSR count). The van der Waals surface area contributed by atoms with E-state index in [0.717, 1.165) is 16.7 Å². The topological polar surface area (TPSA) is 27.7 Å². The summed E-state index contributed by atoms with van der Waals surface area (Å²) < 4.78 is 17.7. The Labute approximate surface area is 141 Å². The van der Waals surface area contributed by atoms with Gasteiger partial charge in [0.05, 0.1) is 19.8 Å². The van der Waals surface area contributed by atoms with Gasteiger partial charge in [0.2, 0.25) is 5.75 Å². The molecule has 3 aromatic carbocycles. The second-order valence-electron chi connectivity index (χ2n) is 5.69. The Kier molecular flexibility index (Phi) is 3.42. The van der Waals surface area contributed by atoms with Crippen molar-refractivity contribution >= 4 is 0 Å². The van der Waals surface area contributed by atoms with Crippen LogP contribution in [0.5, 0.6) is 17.2 Å². The van der Waals surface area contributed by atoms with Crippen LogP contribution in [-0.2, 0) is 5.60 Å². The zero-order valence-electron chi connectivity index (χ0n) is 13.7. The van der Waals surface area contributed by atoms with Crippen molar-refractivity contribution in [3.8, 4) is 17.2 Å². The van der Waals surface area contributed by atoms with Crippen molar-refractivity contribution < 1.29 is 14.2 Å². The predicted octanol–water partition coefficient (Wildman–Crippen LogP) is 4.39. The van der Waals surface area contributed by atoms with Crippen LogP contribution in [0.2, 0.25) is 0 Å². The fourth-order valence-electron chi connectivity index (χ4n) is 3.46. The largest absolute Gasteiger partial charge is 0.492 e. The van der Waals surface area contributed by atoms with E-state index in [4.69, 9.17) is 14.2 Å². The molecule has 0 fully saturated rings. The summed E-state index contributed by atoms with van der Waals surface area (Å²) >= 11 is 0. The lowest BCUT2D eigenvalue weighted by Gasteiger charge is -2.41. The maximum absolute atomic E-state index is 6.51. The van der Waals surface area contributed by atoms with Crippen molar-refractivity contribution in [1.82, 2.24) is 0 Å². The summed E-state index contributed by atoms with van der Waals surface area (Å²) in [5, 5.41) is 0. The van der Waals surface area contributed by atoms with Crippen LogP contribution in [0.1, 0.15) is 16.7 Å². The molecular weight excluding hydrogens is 300 g/mol. The Hall–Kier alpha value is -2.94. The van der Waals surface area contributed by atoms with E-state index in [2.05, 4.69) is 30.3 Å². The van der Waals surface area contributed by atoms with Gasteiger partial charge in [-0.25, -0.2) is 0 Å². The highest BCUT2D eigenvalue weighted by Crippen LogP contribution is 2.55. The lowest BCUT2D eigenvalue weighted by molar-refractivity contribution is 0.128. The molecule has 3 heteroatoms. The summed E-state index contributed by atoms with van der Waals surface area (Å²) in [4.78, 5) is 0. The summed E-state index contributed by atoms with van der Waals surface area (Å²) in [5.74, 6) is 2.03. The second-order valence-corrected chi connectivity index (χ2v) is 5.69. The molecule has 0 amide bonds. The molecule has 3 nitrogen and oxygen atoms in total. The molecule has 0 aromatic heterocycles. The number of fused-ring (bicyclic) bond motifs is 3. The molecule has 120 valence electrons. The Morgan fingerprint density at radius 3 is 1.71 bits per heavy atom. The van der Waals surface area contributed by atoms with Gasteiger partial charge >= 0.3 is 0 Å². The smallest absolute Gasteiger partial charge is 0.203 e. The Morgan fingerprint density at radius 1 is 0.667 bits per heavy atom. The third-order valence-corrected chi connectivity index (χ3v) is 4.49. The average molecular weight is 318 g/mol. The highest BCUT2D eigenvalue weighted by atomic mass is 16.6. The Balaban J connectivity index is 2.06. The van der Waals surface area contributed by atoms with Gasteiger partial charge in [0.25, 0.3) is 0 Å². The predicted molar refractivity (Wildman–Crippen MR) is 92.9 cm³/mol. The Morgan fingerprint density at radius 2 is 1.21 bits per heavy atom. The Bertz CT molecular complexity index is 818.